The number of benzene rings is 1. The van der Waals surface area contributed by atoms with Crippen LogP contribution in [-0.4, -0.2) is 10.1 Å². The van der Waals surface area contributed by atoms with Gasteiger partial charge < -0.3 is 10.3 Å². The second-order valence-electron chi connectivity index (χ2n) is 4.68. The molecule has 1 fully saturated rings. The van der Waals surface area contributed by atoms with Crippen molar-refractivity contribution >= 4 is 17.3 Å². The van der Waals surface area contributed by atoms with Crippen LogP contribution in [0.25, 0.3) is 11.5 Å². The van der Waals surface area contributed by atoms with E-state index in [9.17, 15) is 0 Å². The van der Waals surface area contributed by atoms with E-state index in [-0.39, 0.29) is 0 Å². The lowest BCUT2D eigenvalue weighted by atomic mass is 10.1. The number of nitrogens with two attached hydrogens (primary N) is 1. The van der Waals surface area contributed by atoms with Crippen LogP contribution in [0.4, 0.5) is 5.69 Å². The van der Waals surface area contributed by atoms with Crippen molar-refractivity contribution in [3.63, 3.8) is 0 Å². The summed E-state index contributed by atoms with van der Waals surface area (Å²) in [5, 5.41) is 4.60. The Labute approximate surface area is 110 Å². The van der Waals surface area contributed by atoms with E-state index in [1.54, 1.807) is 12.1 Å². The Morgan fingerprint density at radius 1 is 1.28 bits per heavy atom. The van der Waals surface area contributed by atoms with Gasteiger partial charge in [-0.25, -0.2) is 0 Å². The lowest BCUT2D eigenvalue weighted by Gasteiger charge is -2.01. The van der Waals surface area contributed by atoms with Crippen LogP contribution in [-0.2, 0) is 0 Å². The highest BCUT2D eigenvalue weighted by Gasteiger charge is 2.23. The van der Waals surface area contributed by atoms with Gasteiger partial charge in [0.05, 0.1) is 10.6 Å². The van der Waals surface area contributed by atoms with Crippen LogP contribution in [0.3, 0.4) is 0 Å². The van der Waals surface area contributed by atoms with Crippen LogP contribution in [0.1, 0.15) is 37.4 Å². The highest BCUT2D eigenvalue weighted by Crippen LogP contribution is 2.34. The van der Waals surface area contributed by atoms with Crippen molar-refractivity contribution in [3.05, 3.63) is 29.0 Å². The van der Waals surface area contributed by atoms with Crippen molar-refractivity contribution < 1.29 is 4.52 Å². The molecule has 1 aliphatic rings. The number of anilines is 1. The first kappa shape index (κ1) is 11.5. The van der Waals surface area contributed by atoms with E-state index in [2.05, 4.69) is 10.1 Å². The number of hydrogen-bond donors (Lipinski definition) is 1. The molecule has 4 nitrogen and oxygen atoms in total. The average Bonchev–Trinajstić information content (AvgIpc) is 2.99. The second-order valence-corrected chi connectivity index (χ2v) is 5.09. The van der Waals surface area contributed by atoms with Gasteiger partial charge in [-0.2, -0.15) is 4.98 Å². The summed E-state index contributed by atoms with van der Waals surface area (Å²) >= 11 is 6.13. The summed E-state index contributed by atoms with van der Waals surface area (Å²) in [7, 11) is 0. The van der Waals surface area contributed by atoms with Crippen LogP contribution in [0.15, 0.2) is 22.7 Å². The molecular weight excluding hydrogens is 250 g/mol. The molecule has 1 saturated carbocycles. The molecule has 0 bridgehead atoms. The quantitative estimate of drug-likeness (QED) is 0.841. The molecule has 1 heterocycles. The van der Waals surface area contributed by atoms with Gasteiger partial charge in [-0.15, -0.1) is 0 Å². The van der Waals surface area contributed by atoms with Crippen LogP contribution >= 0.6 is 11.6 Å². The molecule has 0 amide bonds. The van der Waals surface area contributed by atoms with Crippen molar-refractivity contribution in [1.82, 2.24) is 10.1 Å². The third-order valence-electron chi connectivity index (χ3n) is 3.39. The van der Waals surface area contributed by atoms with E-state index < -0.39 is 0 Å². The molecule has 3 rings (SSSR count). The molecule has 1 aromatic carbocycles. The van der Waals surface area contributed by atoms with Gasteiger partial charge in [-0.05, 0) is 31.0 Å². The molecule has 94 valence electrons. The average molecular weight is 264 g/mol. The van der Waals surface area contributed by atoms with Gasteiger partial charge >= 0.3 is 0 Å². The number of nitrogens with zero attached hydrogens (tertiary/aromatic N) is 2. The maximum Gasteiger partial charge on any atom is 0.259 e. The maximum absolute atomic E-state index is 6.13. The van der Waals surface area contributed by atoms with E-state index in [4.69, 9.17) is 21.9 Å². The Balaban J connectivity index is 1.92. The van der Waals surface area contributed by atoms with Gasteiger partial charge in [-0.3, -0.25) is 0 Å². The minimum Gasteiger partial charge on any atom is -0.399 e. The Kier molecular flexibility index (Phi) is 2.96. The standard InChI is InChI=1S/C13H14ClN3O/c14-11-7-9(15)5-6-10(11)13-16-12(17-18-13)8-3-1-2-4-8/h5-8H,1-4,15H2. The smallest absolute Gasteiger partial charge is 0.259 e. The normalized spacial score (nSPS) is 16.3. The van der Waals surface area contributed by atoms with Crippen LogP contribution < -0.4 is 5.73 Å². The van der Waals surface area contributed by atoms with Crippen molar-refractivity contribution in [2.75, 3.05) is 5.73 Å². The number of halogens is 1. The molecule has 0 atom stereocenters. The predicted octanol–water partition coefficient (Wildman–Crippen LogP) is 3.63. The fourth-order valence-electron chi connectivity index (χ4n) is 2.40. The Bertz CT molecular complexity index is 561. The van der Waals surface area contributed by atoms with E-state index in [1.807, 2.05) is 6.07 Å². The van der Waals surface area contributed by atoms with E-state index >= 15 is 0 Å². The van der Waals surface area contributed by atoms with Gasteiger partial charge in [0, 0.05) is 11.6 Å². The van der Waals surface area contributed by atoms with Crippen molar-refractivity contribution in [2.24, 2.45) is 0 Å². The lowest BCUT2D eigenvalue weighted by Crippen LogP contribution is -1.94. The molecule has 0 spiro atoms. The highest BCUT2D eigenvalue weighted by atomic mass is 35.5. The van der Waals surface area contributed by atoms with Gasteiger partial charge in [0.25, 0.3) is 5.89 Å². The first-order chi connectivity index (χ1) is 8.74. The Morgan fingerprint density at radius 2 is 2.06 bits per heavy atom. The second kappa shape index (κ2) is 4.61. The van der Waals surface area contributed by atoms with E-state index in [1.165, 1.54) is 12.8 Å². The summed E-state index contributed by atoms with van der Waals surface area (Å²) < 4.78 is 5.30. The molecule has 0 unspecified atom stereocenters. The molecule has 0 saturated heterocycles. The zero-order valence-corrected chi connectivity index (χ0v) is 10.7. The summed E-state index contributed by atoms with van der Waals surface area (Å²) in [6.45, 7) is 0. The maximum atomic E-state index is 6.13. The van der Waals surface area contributed by atoms with E-state index in [0.29, 0.717) is 22.5 Å². The van der Waals surface area contributed by atoms with Crippen LogP contribution in [0.5, 0.6) is 0 Å². The van der Waals surface area contributed by atoms with Gasteiger partial charge in [-0.1, -0.05) is 29.6 Å². The minimum atomic E-state index is 0.440. The minimum absolute atomic E-state index is 0.440. The first-order valence-electron chi connectivity index (χ1n) is 6.13. The monoisotopic (exact) mass is 263 g/mol. The third-order valence-corrected chi connectivity index (χ3v) is 3.70. The SMILES string of the molecule is Nc1ccc(-c2nc(C3CCCC3)no2)c(Cl)c1. The topological polar surface area (TPSA) is 64.9 Å². The molecule has 1 aliphatic carbocycles. The third kappa shape index (κ3) is 2.08. The van der Waals surface area contributed by atoms with Crippen molar-refractivity contribution in [3.8, 4) is 11.5 Å². The zero-order valence-electron chi connectivity index (χ0n) is 9.90. The fraction of sp³-hybridized carbons (Fsp3) is 0.385. The molecule has 2 N–H and O–H groups in total. The fourth-order valence-corrected chi connectivity index (χ4v) is 2.67. The number of aromatic nitrogens is 2. The molecule has 0 aliphatic heterocycles. The zero-order chi connectivity index (χ0) is 12.5. The van der Waals surface area contributed by atoms with Gasteiger partial charge in [0.1, 0.15) is 0 Å². The lowest BCUT2D eigenvalue weighted by molar-refractivity contribution is 0.416. The van der Waals surface area contributed by atoms with Crippen LogP contribution in [0.2, 0.25) is 5.02 Å². The predicted molar refractivity (Wildman–Crippen MR) is 70.4 cm³/mol. The summed E-state index contributed by atoms with van der Waals surface area (Å²) in [4.78, 5) is 4.45. The summed E-state index contributed by atoms with van der Waals surface area (Å²) in [5.74, 6) is 1.72. The Morgan fingerprint density at radius 3 is 2.78 bits per heavy atom. The van der Waals surface area contributed by atoms with Crippen molar-refractivity contribution in [1.29, 1.82) is 0 Å². The number of rotatable bonds is 2. The van der Waals surface area contributed by atoms with Gasteiger partial charge in [0.15, 0.2) is 5.82 Å². The number of hydrogen-bond acceptors (Lipinski definition) is 4. The molecule has 5 heteroatoms. The highest BCUT2D eigenvalue weighted by molar-refractivity contribution is 6.33. The summed E-state index contributed by atoms with van der Waals surface area (Å²) in [6, 6.07) is 5.28. The number of nitrogen functional groups attached to an aromatic ring is 1. The Hall–Kier alpha value is -1.55. The van der Waals surface area contributed by atoms with Gasteiger partial charge in [0.2, 0.25) is 0 Å². The first-order valence-corrected chi connectivity index (χ1v) is 6.51. The molecular formula is C13H14ClN3O. The largest absolute Gasteiger partial charge is 0.399 e. The molecule has 1 aromatic heterocycles. The van der Waals surface area contributed by atoms with Crippen LogP contribution in [0, 0.1) is 0 Å². The molecule has 0 radical (unpaired) electrons. The molecule has 18 heavy (non-hydrogen) atoms. The van der Waals surface area contributed by atoms with Crippen molar-refractivity contribution in [2.45, 2.75) is 31.6 Å². The molecule has 2 aromatic rings. The van der Waals surface area contributed by atoms with E-state index in [0.717, 1.165) is 24.2 Å². The summed E-state index contributed by atoms with van der Waals surface area (Å²) in [5.41, 5.74) is 7.02. The summed E-state index contributed by atoms with van der Waals surface area (Å²) in [6.07, 6.45) is 4.79.